The van der Waals surface area contributed by atoms with Crippen molar-refractivity contribution < 1.29 is 0 Å². The van der Waals surface area contributed by atoms with Crippen molar-refractivity contribution >= 4 is 54.9 Å². The topological polar surface area (TPSA) is 51.8 Å². The van der Waals surface area contributed by atoms with E-state index >= 15 is 0 Å². The molecular weight excluding hydrogens is 330 g/mol. The number of fused-ring (bicyclic) bond motifs is 1. The molecule has 0 aliphatic heterocycles. The lowest BCUT2D eigenvalue weighted by molar-refractivity contribution is 1.11. The number of nitrogens with two attached hydrogens (primary N) is 1. The van der Waals surface area contributed by atoms with E-state index in [9.17, 15) is 0 Å². The van der Waals surface area contributed by atoms with Gasteiger partial charge in [0, 0.05) is 11.1 Å². The summed E-state index contributed by atoms with van der Waals surface area (Å²) in [6.07, 6.45) is 1.77. The maximum absolute atomic E-state index is 6.14. The van der Waals surface area contributed by atoms with E-state index in [0.29, 0.717) is 0 Å². The molecule has 0 atom stereocenters. The van der Waals surface area contributed by atoms with Crippen LogP contribution in [0, 0.1) is 0 Å². The highest BCUT2D eigenvalue weighted by Crippen LogP contribution is 2.38. The maximum Gasteiger partial charge on any atom is 0.115 e. The molecule has 0 saturated carbocycles. The first-order chi connectivity index (χ1) is 8.75. The lowest BCUT2D eigenvalue weighted by atomic mass is 10.3. The fourth-order valence-electron chi connectivity index (χ4n) is 1.57. The number of aromatic nitrogens is 2. The molecule has 0 bridgehead atoms. The van der Waals surface area contributed by atoms with E-state index in [1.165, 1.54) is 0 Å². The zero-order valence-electron chi connectivity index (χ0n) is 9.13. The smallest absolute Gasteiger partial charge is 0.115 e. The summed E-state index contributed by atoms with van der Waals surface area (Å²) >= 11 is 6.62. The van der Waals surface area contributed by atoms with Gasteiger partial charge in [0.2, 0.25) is 0 Å². The monoisotopic (exact) mass is 337 g/mol. The predicted octanol–water partition coefficient (Wildman–Crippen LogP) is 4.19. The first kappa shape index (κ1) is 12.0. The minimum Gasteiger partial charge on any atom is -0.396 e. The van der Waals surface area contributed by atoms with E-state index in [1.54, 1.807) is 29.3 Å². The molecule has 90 valence electrons. The third-order valence-corrected chi connectivity index (χ3v) is 5.22. The van der Waals surface area contributed by atoms with Crippen LogP contribution in [0.1, 0.15) is 0 Å². The SMILES string of the molecule is Nc1c(Sc2ncccc2Br)ccc2scnc12. The summed E-state index contributed by atoms with van der Waals surface area (Å²) in [6.45, 7) is 0. The summed E-state index contributed by atoms with van der Waals surface area (Å²) in [6, 6.07) is 7.91. The average Bonchev–Trinajstić information content (AvgIpc) is 2.84. The van der Waals surface area contributed by atoms with Crippen LogP contribution in [0.4, 0.5) is 5.69 Å². The Morgan fingerprint density at radius 1 is 1.22 bits per heavy atom. The lowest BCUT2D eigenvalue weighted by Gasteiger charge is -2.06. The van der Waals surface area contributed by atoms with Crippen LogP contribution in [-0.4, -0.2) is 9.97 Å². The zero-order chi connectivity index (χ0) is 12.5. The van der Waals surface area contributed by atoms with Gasteiger partial charge in [-0.2, -0.15) is 0 Å². The van der Waals surface area contributed by atoms with Gasteiger partial charge in [-0.15, -0.1) is 11.3 Å². The van der Waals surface area contributed by atoms with Gasteiger partial charge in [0.15, 0.2) is 0 Å². The molecule has 3 aromatic rings. The fraction of sp³-hybridized carbons (Fsp3) is 0. The van der Waals surface area contributed by atoms with E-state index in [0.717, 1.165) is 30.3 Å². The van der Waals surface area contributed by atoms with Crippen LogP contribution in [0.5, 0.6) is 0 Å². The molecule has 0 unspecified atom stereocenters. The molecule has 0 aliphatic rings. The minimum absolute atomic E-state index is 0.719. The molecule has 6 heteroatoms. The summed E-state index contributed by atoms with van der Waals surface area (Å²) in [5.41, 5.74) is 9.54. The Balaban J connectivity index is 2.05. The Bertz CT molecular complexity index is 711. The van der Waals surface area contributed by atoms with Crippen molar-refractivity contribution in [1.29, 1.82) is 0 Å². The van der Waals surface area contributed by atoms with Gasteiger partial charge in [-0.3, -0.25) is 0 Å². The molecule has 2 aromatic heterocycles. The molecule has 0 amide bonds. The highest BCUT2D eigenvalue weighted by atomic mass is 79.9. The molecule has 3 rings (SSSR count). The Kier molecular flexibility index (Phi) is 3.23. The second-order valence-corrected chi connectivity index (χ2v) is 6.34. The molecule has 1 aromatic carbocycles. The molecular formula is C12H8BrN3S2. The number of hydrogen-bond donors (Lipinski definition) is 1. The van der Waals surface area contributed by atoms with E-state index in [1.807, 2.05) is 29.8 Å². The van der Waals surface area contributed by atoms with Crippen LogP contribution in [0.25, 0.3) is 10.2 Å². The molecule has 0 aliphatic carbocycles. The van der Waals surface area contributed by atoms with E-state index in [-0.39, 0.29) is 0 Å². The third-order valence-electron chi connectivity index (χ3n) is 2.43. The Morgan fingerprint density at radius 2 is 2.11 bits per heavy atom. The number of rotatable bonds is 2. The van der Waals surface area contributed by atoms with E-state index in [2.05, 4.69) is 25.9 Å². The van der Waals surface area contributed by atoms with Crippen LogP contribution in [0.15, 0.2) is 50.4 Å². The number of nitrogen functional groups attached to an aromatic ring is 1. The number of pyridine rings is 1. The summed E-state index contributed by atoms with van der Waals surface area (Å²) in [4.78, 5) is 9.60. The van der Waals surface area contributed by atoms with Gasteiger partial charge in [-0.25, -0.2) is 9.97 Å². The van der Waals surface area contributed by atoms with Crippen molar-refractivity contribution in [3.63, 3.8) is 0 Å². The number of nitrogens with zero attached hydrogens (tertiary/aromatic N) is 2. The fourth-order valence-corrected chi connectivity index (χ4v) is 3.59. The normalized spacial score (nSPS) is 10.9. The molecule has 0 spiro atoms. The number of thiazole rings is 1. The summed E-state index contributed by atoms with van der Waals surface area (Å²) in [7, 11) is 0. The number of anilines is 1. The van der Waals surface area contributed by atoms with Gasteiger partial charge in [0.05, 0.1) is 20.4 Å². The Hall–Kier alpha value is -1.11. The van der Waals surface area contributed by atoms with E-state index in [4.69, 9.17) is 5.73 Å². The molecule has 2 heterocycles. The molecule has 18 heavy (non-hydrogen) atoms. The third kappa shape index (κ3) is 2.11. The van der Waals surface area contributed by atoms with Crippen molar-refractivity contribution in [3.05, 3.63) is 40.4 Å². The highest BCUT2D eigenvalue weighted by molar-refractivity contribution is 9.10. The average molecular weight is 338 g/mol. The second kappa shape index (κ2) is 4.87. The summed E-state index contributed by atoms with van der Waals surface area (Å²) in [5.74, 6) is 0. The van der Waals surface area contributed by atoms with Crippen molar-refractivity contribution in [2.75, 3.05) is 5.73 Å². The van der Waals surface area contributed by atoms with Crippen molar-refractivity contribution in [1.82, 2.24) is 9.97 Å². The molecule has 0 saturated heterocycles. The largest absolute Gasteiger partial charge is 0.396 e. The van der Waals surface area contributed by atoms with Gasteiger partial charge in [-0.05, 0) is 40.2 Å². The van der Waals surface area contributed by atoms with Gasteiger partial charge < -0.3 is 5.73 Å². The zero-order valence-corrected chi connectivity index (χ0v) is 12.3. The molecule has 3 nitrogen and oxygen atoms in total. The second-order valence-electron chi connectivity index (χ2n) is 3.57. The van der Waals surface area contributed by atoms with Crippen molar-refractivity contribution in [2.45, 2.75) is 9.92 Å². The maximum atomic E-state index is 6.14. The summed E-state index contributed by atoms with van der Waals surface area (Å²) < 4.78 is 2.07. The quantitative estimate of drug-likeness (QED) is 0.712. The predicted molar refractivity (Wildman–Crippen MR) is 80.1 cm³/mol. The Morgan fingerprint density at radius 3 is 2.94 bits per heavy atom. The van der Waals surface area contributed by atoms with Crippen molar-refractivity contribution in [2.24, 2.45) is 0 Å². The van der Waals surface area contributed by atoms with Crippen LogP contribution >= 0.6 is 39.0 Å². The molecule has 2 N–H and O–H groups in total. The van der Waals surface area contributed by atoms with Gasteiger partial charge >= 0.3 is 0 Å². The summed E-state index contributed by atoms with van der Waals surface area (Å²) in [5, 5.41) is 0.902. The van der Waals surface area contributed by atoms with E-state index < -0.39 is 0 Å². The van der Waals surface area contributed by atoms with Crippen molar-refractivity contribution in [3.8, 4) is 0 Å². The number of hydrogen-bond acceptors (Lipinski definition) is 5. The van der Waals surface area contributed by atoms with Gasteiger partial charge in [0.25, 0.3) is 0 Å². The lowest BCUT2D eigenvalue weighted by Crippen LogP contribution is -1.91. The van der Waals surface area contributed by atoms with Gasteiger partial charge in [0.1, 0.15) is 10.5 Å². The van der Waals surface area contributed by atoms with Crippen LogP contribution in [0.3, 0.4) is 0 Å². The highest BCUT2D eigenvalue weighted by Gasteiger charge is 2.10. The Labute approximate surface area is 121 Å². The standard InChI is InChI=1S/C12H8BrN3S2/c13-7-2-1-5-15-12(7)18-8-3-4-9-11(10(8)14)16-6-17-9/h1-6H,14H2. The first-order valence-corrected chi connectivity index (χ1v) is 7.64. The first-order valence-electron chi connectivity index (χ1n) is 5.16. The molecule has 0 fully saturated rings. The minimum atomic E-state index is 0.719. The van der Waals surface area contributed by atoms with Crippen LogP contribution in [0.2, 0.25) is 0 Å². The van der Waals surface area contributed by atoms with Gasteiger partial charge in [-0.1, -0.05) is 11.8 Å². The number of benzene rings is 1. The van der Waals surface area contributed by atoms with Crippen LogP contribution < -0.4 is 5.73 Å². The van der Waals surface area contributed by atoms with Crippen LogP contribution in [-0.2, 0) is 0 Å². The number of halogens is 1. The molecule has 0 radical (unpaired) electrons.